The third-order valence-corrected chi connectivity index (χ3v) is 4.62. The molecule has 3 aromatic carbocycles. The highest BCUT2D eigenvalue weighted by Crippen LogP contribution is 2.16. The van der Waals surface area contributed by atoms with E-state index in [0.717, 1.165) is 19.3 Å². The van der Waals surface area contributed by atoms with Crippen LogP contribution in [0.5, 0.6) is 0 Å². The van der Waals surface area contributed by atoms with Crippen LogP contribution in [-0.4, -0.2) is 0 Å². The molecule has 0 aliphatic rings. The van der Waals surface area contributed by atoms with E-state index in [1.165, 1.54) is 33.4 Å². The lowest BCUT2D eigenvalue weighted by Crippen LogP contribution is -1.95. The average molecular weight is 300 g/mol. The van der Waals surface area contributed by atoms with Gasteiger partial charge in [-0.1, -0.05) is 72.8 Å². The molecule has 0 aromatic heterocycles. The Balaban J connectivity index is 1.63. The van der Waals surface area contributed by atoms with E-state index in [2.05, 4.69) is 86.6 Å². The zero-order valence-corrected chi connectivity index (χ0v) is 14.0. The third kappa shape index (κ3) is 4.10. The molecule has 0 saturated carbocycles. The molecule has 0 radical (unpaired) electrons. The molecular weight excluding hydrogens is 276 g/mol. The van der Waals surface area contributed by atoms with Crippen molar-refractivity contribution in [2.75, 3.05) is 0 Å². The van der Waals surface area contributed by atoms with Crippen molar-refractivity contribution in [3.8, 4) is 0 Å². The number of benzene rings is 3. The second-order valence-corrected chi connectivity index (χ2v) is 6.35. The molecular formula is C23H24. The van der Waals surface area contributed by atoms with Gasteiger partial charge in [0, 0.05) is 0 Å². The van der Waals surface area contributed by atoms with Crippen molar-refractivity contribution in [1.82, 2.24) is 0 Å². The van der Waals surface area contributed by atoms with E-state index in [9.17, 15) is 0 Å². The summed E-state index contributed by atoms with van der Waals surface area (Å²) in [6, 6.07) is 26.4. The minimum atomic E-state index is 1.02. The van der Waals surface area contributed by atoms with Crippen molar-refractivity contribution < 1.29 is 0 Å². The van der Waals surface area contributed by atoms with Crippen LogP contribution in [0.25, 0.3) is 0 Å². The highest BCUT2D eigenvalue weighted by molar-refractivity contribution is 5.33. The molecule has 3 aromatic rings. The van der Waals surface area contributed by atoms with Gasteiger partial charge in [-0.05, 0) is 66.5 Å². The van der Waals surface area contributed by atoms with Gasteiger partial charge in [0.05, 0.1) is 0 Å². The van der Waals surface area contributed by atoms with Crippen LogP contribution < -0.4 is 0 Å². The van der Waals surface area contributed by atoms with E-state index in [1.54, 1.807) is 0 Å². The van der Waals surface area contributed by atoms with Gasteiger partial charge in [0.2, 0.25) is 0 Å². The quantitative estimate of drug-likeness (QED) is 0.568. The maximum Gasteiger partial charge on any atom is -0.00231 e. The highest BCUT2D eigenvalue weighted by Gasteiger charge is 2.02. The number of aryl methyl sites for hydroxylation is 4. The van der Waals surface area contributed by atoms with Gasteiger partial charge in [0.25, 0.3) is 0 Å². The fourth-order valence-electron chi connectivity index (χ4n) is 3.02. The molecule has 116 valence electrons. The Labute approximate surface area is 139 Å². The molecule has 23 heavy (non-hydrogen) atoms. The average Bonchev–Trinajstić information content (AvgIpc) is 2.57. The van der Waals surface area contributed by atoms with Crippen LogP contribution in [0.3, 0.4) is 0 Å². The molecule has 0 bridgehead atoms. The fraction of sp³-hybridized carbons (Fsp3) is 0.217. The molecule has 0 N–H and O–H groups in total. The lowest BCUT2D eigenvalue weighted by molar-refractivity contribution is 0.947. The summed E-state index contributed by atoms with van der Waals surface area (Å²) in [5.74, 6) is 0. The standard InChI is InChI=1S/C23H24/c1-18-7-3-5-9-22(18)16-15-20-11-13-21(14-12-20)17-23-10-6-4-8-19(23)2/h3-14H,15-17H2,1-2H3. The molecule has 0 aliphatic heterocycles. The zero-order valence-electron chi connectivity index (χ0n) is 14.0. The van der Waals surface area contributed by atoms with E-state index in [0.29, 0.717) is 0 Å². The molecule has 0 fully saturated rings. The molecule has 0 saturated heterocycles. The van der Waals surface area contributed by atoms with Crippen LogP contribution in [0.4, 0.5) is 0 Å². The molecule has 3 rings (SSSR count). The van der Waals surface area contributed by atoms with E-state index in [1.807, 2.05) is 0 Å². The van der Waals surface area contributed by atoms with Gasteiger partial charge >= 0.3 is 0 Å². The first-order valence-electron chi connectivity index (χ1n) is 8.39. The van der Waals surface area contributed by atoms with Crippen LogP contribution in [0.15, 0.2) is 72.8 Å². The molecule has 0 aliphatic carbocycles. The van der Waals surface area contributed by atoms with Crippen molar-refractivity contribution in [3.05, 3.63) is 106 Å². The van der Waals surface area contributed by atoms with Crippen LogP contribution in [-0.2, 0) is 19.3 Å². The Bertz CT molecular complexity index is 766. The summed E-state index contributed by atoms with van der Waals surface area (Å²) in [5.41, 5.74) is 8.44. The zero-order chi connectivity index (χ0) is 16.1. The summed E-state index contributed by atoms with van der Waals surface area (Å²) in [5, 5.41) is 0. The van der Waals surface area contributed by atoms with Gasteiger partial charge in [-0.25, -0.2) is 0 Å². The summed E-state index contributed by atoms with van der Waals surface area (Å²) in [4.78, 5) is 0. The van der Waals surface area contributed by atoms with Crippen LogP contribution in [0.1, 0.15) is 33.4 Å². The molecule has 0 heterocycles. The minimum Gasteiger partial charge on any atom is -0.0620 e. The molecule has 0 nitrogen and oxygen atoms in total. The first-order valence-corrected chi connectivity index (χ1v) is 8.39. The van der Waals surface area contributed by atoms with Gasteiger partial charge in [-0.15, -0.1) is 0 Å². The van der Waals surface area contributed by atoms with Gasteiger partial charge < -0.3 is 0 Å². The summed E-state index contributed by atoms with van der Waals surface area (Å²) < 4.78 is 0. The Morgan fingerprint density at radius 3 is 1.65 bits per heavy atom. The Morgan fingerprint density at radius 2 is 1.04 bits per heavy atom. The van der Waals surface area contributed by atoms with E-state index in [4.69, 9.17) is 0 Å². The van der Waals surface area contributed by atoms with E-state index >= 15 is 0 Å². The molecule has 0 spiro atoms. The van der Waals surface area contributed by atoms with Crippen molar-refractivity contribution in [3.63, 3.8) is 0 Å². The van der Waals surface area contributed by atoms with E-state index < -0.39 is 0 Å². The lowest BCUT2D eigenvalue weighted by atomic mass is 9.97. The van der Waals surface area contributed by atoms with Gasteiger partial charge in [0.1, 0.15) is 0 Å². The summed E-state index contributed by atoms with van der Waals surface area (Å²) in [7, 11) is 0. The van der Waals surface area contributed by atoms with Crippen LogP contribution in [0, 0.1) is 13.8 Å². The van der Waals surface area contributed by atoms with Crippen molar-refractivity contribution >= 4 is 0 Å². The third-order valence-electron chi connectivity index (χ3n) is 4.62. The van der Waals surface area contributed by atoms with Crippen molar-refractivity contribution in [1.29, 1.82) is 0 Å². The summed E-state index contributed by atoms with van der Waals surface area (Å²) >= 11 is 0. The van der Waals surface area contributed by atoms with Crippen LogP contribution in [0.2, 0.25) is 0 Å². The monoisotopic (exact) mass is 300 g/mol. The largest absolute Gasteiger partial charge is 0.0620 e. The van der Waals surface area contributed by atoms with Crippen molar-refractivity contribution in [2.45, 2.75) is 33.1 Å². The number of hydrogen-bond donors (Lipinski definition) is 0. The molecule has 0 amide bonds. The number of rotatable bonds is 5. The van der Waals surface area contributed by atoms with Gasteiger partial charge in [-0.3, -0.25) is 0 Å². The predicted molar refractivity (Wildman–Crippen MR) is 99.0 cm³/mol. The normalized spacial score (nSPS) is 10.7. The minimum absolute atomic E-state index is 1.02. The highest BCUT2D eigenvalue weighted by atomic mass is 14.1. The number of hydrogen-bond acceptors (Lipinski definition) is 0. The van der Waals surface area contributed by atoms with Crippen molar-refractivity contribution in [2.24, 2.45) is 0 Å². The Hall–Kier alpha value is -2.34. The van der Waals surface area contributed by atoms with E-state index in [-0.39, 0.29) is 0 Å². The smallest absolute Gasteiger partial charge is 0.00231 e. The molecule has 0 unspecified atom stereocenters. The SMILES string of the molecule is Cc1ccccc1CCc1ccc(Cc2ccccc2C)cc1. The first kappa shape index (κ1) is 15.6. The topological polar surface area (TPSA) is 0 Å². The molecule has 0 atom stereocenters. The van der Waals surface area contributed by atoms with Gasteiger partial charge in [0.15, 0.2) is 0 Å². The second kappa shape index (κ2) is 7.28. The summed E-state index contributed by atoms with van der Waals surface area (Å²) in [6.45, 7) is 4.38. The Morgan fingerprint density at radius 1 is 0.522 bits per heavy atom. The second-order valence-electron chi connectivity index (χ2n) is 6.35. The Kier molecular flexibility index (Phi) is 4.92. The fourth-order valence-corrected chi connectivity index (χ4v) is 3.02. The molecule has 0 heteroatoms. The predicted octanol–water partition coefficient (Wildman–Crippen LogP) is 5.68. The van der Waals surface area contributed by atoms with Gasteiger partial charge in [-0.2, -0.15) is 0 Å². The summed E-state index contributed by atoms with van der Waals surface area (Å²) in [6.07, 6.45) is 3.24. The maximum absolute atomic E-state index is 2.28. The first-order chi connectivity index (χ1) is 11.2. The lowest BCUT2D eigenvalue weighted by Gasteiger charge is -2.08. The van der Waals surface area contributed by atoms with Crippen LogP contribution >= 0.6 is 0 Å². The maximum atomic E-state index is 2.28.